The Hall–Kier alpha value is -5.07. The van der Waals surface area contributed by atoms with Gasteiger partial charge in [0.15, 0.2) is 0 Å². The van der Waals surface area contributed by atoms with Crippen LogP contribution in [0.25, 0.3) is 5.57 Å². The van der Waals surface area contributed by atoms with Crippen molar-refractivity contribution in [2.75, 3.05) is 26.2 Å². The molecule has 4 aromatic rings. The second-order valence-electron chi connectivity index (χ2n) is 11.7. The zero-order valence-corrected chi connectivity index (χ0v) is 25.9. The van der Waals surface area contributed by atoms with Gasteiger partial charge in [-0.1, -0.05) is 78.9 Å². The number of likely N-dealkylation sites (tertiary alicyclic amines) is 1. The first-order valence-corrected chi connectivity index (χ1v) is 15.3. The molecule has 9 heteroatoms. The third-order valence-corrected chi connectivity index (χ3v) is 9.12. The van der Waals surface area contributed by atoms with Gasteiger partial charge in [-0.3, -0.25) is 4.90 Å². The molecule has 0 bridgehead atoms. The maximum Gasteiger partial charge on any atom is 0.336 e. The van der Waals surface area contributed by atoms with Gasteiger partial charge >= 0.3 is 5.97 Å². The Bertz CT molecular complexity index is 1740. The van der Waals surface area contributed by atoms with E-state index < -0.39 is 11.9 Å². The predicted molar refractivity (Wildman–Crippen MR) is 171 cm³/mol. The fourth-order valence-electron chi connectivity index (χ4n) is 6.88. The quantitative estimate of drug-likeness (QED) is 0.279. The molecule has 1 N–H and O–H groups in total. The molecule has 0 radical (unpaired) electrons. The van der Waals surface area contributed by atoms with Crippen LogP contribution < -0.4 is 5.32 Å². The Balaban J connectivity index is 1.19. The lowest BCUT2D eigenvalue weighted by Gasteiger charge is -2.43. The van der Waals surface area contributed by atoms with Crippen LogP contribution in [-0.2, 0) is 22.0 Å². The number of esters is 1. The first-order chi connectivity index (χ1) is 21.9. The molecule has 0 spiro atoms. The maximum atomic E-state index is 13.9. The zero-order valence-electron chi connectivity index (χ0n) is 25.9. The number of tetrazole rings is 1. The van der Waals surface area contributed by atoms with Crippen molar-refractivity contribution < 1.29 is 9.53 Å². The summed E-state index contributed by atoms with van der Waals surface area (Å²) in [6.07, 6.45) is 1.96. The highest BCUT2D eigenvalue weighted by Gasteiger charge is 2.39. The molecule has 1 fully saturated rings. The average molecular weight is 600 g/mol. The number of aryl methyl sites for hydroxylation is 1. The van der Waals surface area contributed by atoms with E-state index in [1.54, 1.807) is 13.1 Å². The standard InChI is InChI=1S/C36H37N7O2/c1-25-31(34-39-41-42(3)40-34)33(30-17-11-10-12-27(30)24-37)32(26(2)38-25)35(44)45-23-22-43-20-18-36(19-21-43,28-13-6-4-7-14-28)29-15-8-5-9-16-29/h4-17,33,38H,18-23H2,1-3H3. The lowest BCUT2D eigenvalue weighted by atomic mass is 9.68. The van der Waals surface area contributed by atoms with Crippen molar-refractivity contribution in [1.82, 2.24) is 30.4 Å². The van der Waals surface area contributed by atoms with E-state index in [0.717, 1.165) is 31.6 Å². The van der Waals surface area contributed by atoms with Gasteiger partial charge < -0.3 is 10.1 Å². The van der Waals surface area contributed by atoms with Crippen molar-refractivity contribution in [3.8, 4) is 6.07 Å². The first-order valence-electron chi connectivity index (χ1n) is 15.3. The van der Waals surface area contributed by atoms with Crippen molar-refractivity contribution >= 4 is 11.5 Å². The minimum Gasteiger partial charge on any atom is -0.461 e. The molecule has 3 heterocycles. The molecule has 2 aliphatic heterocycles. The number of nitrogens with zero attached hydrogens (tertiary/aromatic N) is 6. The van der Waals surface area contributed by atoms with E-state index >= 15 is 0 Å². The van der Waals surface area contributed by atoms with E-state index in [2.05, 4.69) is 92.4 Å². The summed E-state index contributed by atoms with van der Waals surface area (Å²) in [5, 5.41) is 26.0. The zero-order chi connectivity index (χ0) is 31.4. The number of carbonyl (C=O) groups excluding carboxylic acids is 1. The van der Waals surface area contributed by atoms with Crippen molar-refractivity contribution in [1.29, 1.82) is 5.26 Å². The van der Waals surface area contributed by atoms with Gasteiger partial charge in [-0.15, -0.1) is 10.2 Å². The molecule has 3 aromatic carbocycles. The third kappa shape index (κ3) is 5.89. The van der Waals surface area contributed by atoms with Gasteiger partial charge in [-0.25, -0.2) is 4.79 Å². The molecular weight excluding hydrogens is 562 g/mol. The van der Waals surface area contributed by atoms with Gasteiger partial charge in [0.05, 0.1) is 24.3 Å². The van der Waals surface area contributed by atoms with Gasteiger partial charge in [0.25, 0.3) is 0 Å². The minimum absolute atomic E-state index is 0.0400. The second-order valence-corrected chi connectivity index (χ2v) is 11.7. The Morgan fingerprint density at radius 3 is 2.18 bits per heavy atom. The molecule has 1 unspecified atom stereocenters. The van der Waals surface area contributed by atoms with Crippen LogP contribution >= 0.6 is 0 Å². The summed E-state index contributed by atoms with van der Waals surface area (Å²) in [4.78, 5) is 17.6. The van der Waals surface area contributed by atoms with Crippen molar-refractivity contribution in [2.45, 2.75) is 38.0 Å². The average Bonchev–Trinajstić information content (AvgIpc) is 3.50. The molecule has 1 atom stereocenters. The fraction of sp³-hybridized carbons (Fsp3) is 0.306. The molecule has 6 rings (SSSR count). The van der Waals surface area contributed by atoms with Crippen LogP contribution in [0.1, 0.15) is 60.7 Å². The van der Waals surface area contributed by atoms with Gasteiger partial charge in [0.1, 0.15) is 6.61 Å². The second kappa shape index (κ2) is 12.9. The topological polar surface area (TPSA) is 109 Å². The number of hydrogen-bond donors (Lipinski definition) is 1. The highest BCUT2D eigenvalue weighted by atomic mass is 16.5. The van der Waals surface area contributed by atoms with Crippen LogP contribution in [0.3, 0.4) is 0 Å². The SMILES string of the molecule is CC1=C(C(=O)OCCN2CCC(c3ccccc3)(c3ccccc3)CC2)C(c2ccccc2C#N)C(c2nnn(C)n2)=C(C)N1. The summed E-state index contributed by atoms with van der Waals surface area (Å²) in [6, 6.07) is 31.2. The van der Waals surface area contributed by atoms with Gasteiger partial charge in [-0.2, -0.15) is 10.1 Å². The molecule has 1 aromatic heterocycles. The minimum atomic E-state index is -0.592. The van der Waals surface area contributed by atoms with Crippen LogP contribution in [0.15, 0.2) is 102 Å². The number of ether oxygens (including phenoxy) is 1. The van der Waals surface area contributed by atoms with E-state index in [1.807, 2.05) is 32.0 Å². The molecular formula is C36H37N7O2. The van der Waals surface area contributed by atoms with Crippen LogP contribution in [-0.4, -0.2) is 57.3 Å². The first kappa shape index (κ1) is 30.0. The van der Waals surface area contributed by atoms with E-state index in [-0.39, 0.29) is 12.0 Å². The molecule has 228 valence electrons. The van der Waals surface area contributed by atoms with E-state index in [9.17, 15) is 10.1 Å². The van der Waals surface area contributed by atoms with Gasteiger partial charge in [0, 0.05) is 34.8 Å². The molecule has 0 saturated carbocycles. The summed E-state index contributed by atoms with van der Waals surface area (Å²) < 4.78 is 5.98. The molecule has 0 aliphatic carbocycles. The Morgan fingerprint density at radius 2 is 1.58 bits per heavy atom. The normalized spacial score (nSPS) is 18.3. The third-order valence-electron chi connectivity index (χ3n) is 9.12. The largest absolute Gasteiger partial charge is 0.461 e. The van der Waals surface area contributed by atoms with Crippen molar-refractivity contribution in [3.05, 3.63) is 130 Å². The summed E-state index contributed by atoms with van der Waals surface area (Å²) in [5.74, 6) is -0.621. The summed E-state index contributed by atoms with van der Waals surface area (Å²) in [6.45, 7) is 6.46. The smallest absolute Gasteiger partial charge is 0.336 e. The number of allylic oxidation sites excluding steroid dienone is 3. The van der Waals surface area contributed by atoms with Crippen LogP contribution in [0.4, 0.5) is 0 Å². The number of dihydropyridines is 1. The number of carbonyl (C=O) groups is 1. The Kier molecular flexibility index (Phi) is 8.58. The van der Waals surface area contributed by atoms with Gasteiger partial charge in [-0.05, 0) is 67.7 Å². The lowest BCUT2D eigenvalue weighted by molar-refractivity contribution is -0.139. The molecule has 9 nitrogen and oxygen atoms in total. The van der Waals surface area contributed by atoms with Crippen molar-refractivity contribution in [2.24, 2.45) is 7.05 Å². The van der Waals surface area contributed by atoms with E-state index in [1.165, 1.54) is 15.9 Å². The van der Waals surface area contributed by atoms with Crippen LogP contribution in [0.2, 0.25) is 0 Å². The van der Waals surface area contributed by atoms with E-state index in [0.29, 0.717) is 40.3 Å². The van der Waals surface area contributed by atoms with Gasteiger partial charge in [0.2, 0.25) is 5.82 Å². The molecule has 45 heavy (non-hydrogen) atoms. The summed E-state index contributed by atoms with van der Waals surface area (Å²) in [5.41, 5.74) is 6.43. The monoisotopic (exact) mass is 599 g/mol. The Labute approximate surface area is 263 Å². The number of piperidine rings is 1. The van der Waals surface area contributed by atoms with Crippen molar-refractivity contribution in [3.63, 3.8) is 0 Å². The maximum absolute atomic E-state index is 13.9. The number of aromatic nitrogens is 4. The number of hydrogen-bond acceptors (Lipinski definition) is 8. The summed E-state index contributed by atoms with van der Waals surface area (Å²) in [7, 11) is 1.70. The Morgan fingerprint density at radius 1 is 0.956 bits per heavy atom. The summed E-state index contributed by atoms with van der Waals surface area (Å²) >= 11 is 0. The highest BCUT2D eigenvalue weighted by molar-refractivity contribution is 5.97. The molecule has 2 aliphatic rings. The highest BCUT2D eigenvalue weighted by Crippen LogP contribution is 2.44. The van der Waals surface area contributed by atoms with Crippen LogP contribution in [0, 0.1) is 11.3 Å². The number of rotatable bonds is 8. The number of benzene rings is 3. The number of nitriles is 1. The number of nitrogens with one attached hydrogen (secondary N) is 1. The van der Waals surface area contributed by atoms with Crippen LogP contribution in [0.5, 0.6) is 0 Å². The van der Waals surface area contributed by atoms with E-state index in [4.69, 9.17) is 4.74 Å². The lowest BCUT2D eigenvalue weighted by Crippen LogP contribution is -2.44. The molecule has 1 saturated heterocycles. The fourth-order valence-corrected chi connectivity index (χ4v) is 6.88. The molecule has 0 amide bonds. The predicted octanol–water partition coefficient (Wildman–Crippen LogP) is 5.10.